The second-order valence-corrected chi connectivity index (χ2v) is 7.34. The van der Waals surface area contributed by atoms with Crippen LogP contribution in [-0.4, -0.2) is 21.4 Å². The zero-order valence-electron chi connectivity index (χ0n) is 14.0. The van der Waals surface area contributed by atoms with E-state index in [1.807, 2.05) is 31.2 Å². The van der Waals surface area contributed by atoms with Crippen molar-refractivity contribution in [3.8, 4) is 11.5 Å². The largest absolute Gasteiger partial charge is 0.411 e. The lowest BCUT2D eigenvalue weighted by Gasteiger charge is -2.10. The predicted octanol–water partition coefficient (Wildman–Crippen LogP) is 4.96. The van der Waals surface area contributed by atoms with Gasteiger partial charge in [0.15, 0.2) is 0 Å². The molecule has 0 aliphatic carbocycles. The first-order valence-corrected chi connectivity index (χ1v) is 9.01. The Labute approximate surface area is 159 Å². The SMILES string of the molecule is Cc1ccc(-c2nnc(S[C@@H](C)C(=O)Nc3ccc(Cl)cc3F)o2)cc1. The summed E-state index contributed by atoms with van der Waals surface area (Å²) >= 11 is 6.80. The highest BCUT2D eigenvalue weighted by atomic mass is 35.5. The van der Waals surface area contributed by atoms with Crippen LogP contribution in [0.15, 0.2) is 52.1 Å². The molecule has 8 heteroatoms. The first-order chi connectivity index (χ1) is 12.4. The number of aromatic nitrogens is 2. The number of halogens is 2. The van der Waals surface area contributed by atoms with Crippen molar-refractivity contribution in [2.24, 2.45) is 0 Å². The molecule has 1 heterocycles. The quantitative estimate of drug-likeness (QED) is 0.623. The van der Waals surface area contributed by atoms with Crippen molar-refractivity contribution < 1.29 is 13.6 Å². The third-order valence-electron chi connectivity index (χ3n) is 3.54. The maximum atomic E-state index is 13.8. The first kappa shape index (κ1) is 18.4. The number of hydrogen-bond acceptors (Lipinski definition) is 5. The van der Waals surface area contributed by atoms with Crippen LogP contribution in [0.5, 0.6) is 0 Å². The van der Waals surface area contributed by atoms with E-state index < -0.39 is 11.1 Å². The van der Waals surface area contributed by atoms with Crippen molar-refractivity contribution in [1.29, 1.82) is 0 Å². The molecule has 0 bridgehead atoms. The fourth-order valence-electron chi connectivity index (χ4n) is 2.10. The highest BCUT2D eigenvalue weighted by Crippen LogP contribution is 2.27. The van der Waals surface area contributed by atoms with Gasteiger partial charge in [-0.25, -0.2) is 4.39 Å². The fourth-order valence-corrected chi connectivity index (χ4v) is 2.94. The fraction of sp³-hybridized carbons (Fsp3) is 0.167. The van der Waals surface area contributed by atoms with Gasteiger partial charge in [-0.3, -0.25) is 4.79 Å². The van der Waals surface area contributed by atoms with Crippen LogP contribution in [-0.2, 0) is 4.79 Å². The van der Waals surface area contributed by atoms with Crippen LogP contribution in [0.25, 0.3) is 11.5 Å². The molecule has 0 aliphatic rings. The summed E-state index contributed by atoms with van der Waals surface area (Å²) in [4.78, 5) is 12.2. The normalized spacial score (nSPS) is 12.0. The first-order valence-electron chi connectivity index (χ1n) is 7.75. The van der Waals surface area contributed by atoms with Gasteiger partial charge in [-0.15, -0.1) is 10.2 Å². The molecule has 0 unspecified atom stereocenters. The standard InChI is InChI=1S/C18H15ClFN3O2S/c1-10-3-5-12(6-4-10)17-22-23-18(25-17)26-11(2)16(24)21-15-8-7-13(19)9-14(15)20/h3-9,11H,1-2H3,(H,21,24)/t11-/m0/s1. The molecule has 0 spiro atoms. The third kappa shape index (κ3) is 4.42. The van der Waals surface area contributed by atoms with E-state index in [2.05, 4.69) is 15.5 Å². The molecule has 0 radical (unpaired) electrons. The summed E-state index contributed by atoms with van der Waals surface area (Å²) in [6.45, 7) is 3.66. The molecule has 1 atom stereocenters. The molecular formula is C18H15ClFN3O2S. The Morgan fingerprint density at radius 2 is 1.96 bits per heavy atom. The van der Waals surface area contributed by atoms with Gasteiger partial charge in [0.05, 0.1) is 10.9 Å². The van der Waals surface area contributed by atoms with E-state index in [4.69, 9.17) is 16.0 Å². The number of carbonyl (C=O) groups excluding carboxylic acids is 1. The summed E-state index contributed by atoms with van der Waals surface area (Å²) in [5.41, 5.74) is 2.00. The molecule has 2 aromatic carbocycles. The number of nitrogens with one attached hydrogen (secondary N) is 1. The molecule has 26 heavy (non-hydrogen) atoms. The Kier molecular flexibility index (Phi) is 5.58. The summed E-state index contributed by atoms with van der Waals surface area (Å²) in [5.74, 6) is -0.599. The Bertz CT molecular complexity index is 930. The molecule has 134 valence electrons. The Balaban J connectivity index is 1.65. The minimum Gasteiger partial charge on any atom is -0.411 e. The third-order valence-corrected chi connectivity index (χ3v) is 4.71. The average Bonchev–Trinajstić information content (AvgIpc) is 3.06. The van der Waals surface area contributed by atoms with Crippen molar-refractivity contribution in [3.05, 3.63) is 58.9 Å². The Morgan fingerprint density at radius 3 is 2.65 bits per heavy atom. The van der Waals surface area contributed by atoms with Crippen LogP contribution >= 0.6 is 23.4 Å². The molecular weight excluding hydrogens is 377 g/mol. The van der Waals surface area contributed by atoms with Crippen LogP contribution < -0.4 is 5.32 Å². The van der Waals surface area contributed by atoms with E-state index in [0.717, 1.165) is 29.0 Å². The van der Waals surface area contributed by atoms with E-state index in [1.54, 1.807) is 6.92 Å². The monoisotopic (exact) mass is 391 g/mol. The van der Waals surface area contributed by atoms with E-state index >= 15 is 0 Å². The molecule has 1 aromatic heterocycles. The van der Waals surface area contributed by atoms with E-state index in [1.165, 1.54) is 12.1 Å². The summed E-state index contributed by atoms with van der Waals surface area (Å²) in [6.07, 6.45) is 0. The zero-order chi connectivity index (χ0) is 18.7. The van der Waals surface area contributed by atoms with Gasteiger partial charge < -0.3 is 9.73 Å². The average molecular weight is 392 g/mol. The van der Waals surface area contributed by atoms with Crippen LogP contribution in [0, 0.1) is 12.7 Å². The minimum atomic E-state index is -0.595. The number of hydrogen-bond donors (Lipinski definition) is 1. The predicted molar refractivity (Wildman–Crippen MR) is 99.8 cm³/mol. The molecule has 0 saturated heterocycles. The maximum Gasteiger partial charge on any atom is 0.277 e. The number of aryl methyl sites for hydroxylation is 1. The lowest BCUT2D eigenvalue weighted by atomic mass is 10.1. The number of amides is 1. The number of rotatable bonds is 5. The van der Waals surface area contributed by atoms with Crippen molar-refractivity contribution in [1.82, 2.24) is 10.2 Å². The van der Waals surface area contributed by atoms with Crippen molar-refractivity contribution in [3.63, 3.8) is 0 Å². The van der Waals surface area contributed by atoms with Gasteiger partial charge in [-0.1, -0.05) is 41.1 Å². The summed E-state index contributed by atoms with van der Waals surface area (Å²) in [6, 6.07) is 11.7. The van der Waals surface area contributed by atoms with Gasteiger partial charge in [0.25, 0.3) is 5.22 Å². The topological polar surface area (TPSA) is 68.0 Å². The molecule has 0 fully saturated rings. The number of nitrogens with zero attached hydrogens (tertiary/aromatic N) is 2. The van der Waals surface area contributed by atoms with Crippen molar-refractivity contribution >= 4 is 35.0 Å². The molecule has 3 aromatic rings. The Morgan fingerprint density at radius 1 is 1.23 bits per heavy atom. The van der Waals surface area contributed by atoms with E-state index in [0.29, 0.717) is 5.89 Å². The van der Waals surface area contributed by atoms with Crippen molar-refractivity contribution in [2.75, 3.05) is 5.32 Å². The summed E-state index contributed by atoms with van der Waals surface area (Å²) in [5, 5.41) is 10.4. The van der Waals surface area contributed by atoms with Gasteiger partial charge in [0.2, 0.25) is 11.8 Å². The molecule has 0 saturated carbocycles. The smallest absolute Gasteiger partial charge is 0.277 e. The van der Waals surface area contributed by atoms with Crippen LogP contribution in [0.2, 0.25) is 5.02 Å². The minimum absolute atomic E-state index is 0.0673. The van der Waals surface area contributed by atoms with E-state index in [9.17, 15) is 9.18 Å². The highest BCUT2D eigenvalue weighted by Gasteiger charge is 2.20. The second-order valence-electron chi connectivity index (χ2n) is 5.61. The van der Waals surface area contributed by atoms with Crippen LogP contribution in [0.3, 0.4) is 0 Å². The lowest BCUT2D eigenvalue weighted by Crippen LogP contribution is -2.23. The van der Waals surface area contributed by atoms with Gasteiger partial charge in [0.1, 0.15) is 5.82 Å². The Hall–Kier alpha value is -2.38. The molecule has 1 amide bonds. The zero-order valence-corrected chi connectivity index (χ0v) is 15.6. The summed E-state index contributed by atoms with van der Waals surface area (Å²) < 4.78 is 19.4. The van der Waals surface area contributed by atoms with Gasteiger partial charge in [0, 0.05) is 10.6 Å². The number of carbonyl (C=O) groups is 1. The number of benzene rings is 2. The van der Waals surface area contributed by atoms with Crippen LogP contribution in [0.4, 0.5) is 10.1 Å². The molecule has 0 aliphatic heterocycles. The van der Waals surface area contributed by atoms with Gasteiger partial charge >= 0.3 is 0 Å². The molecule has 5 nitrogen and oxygen atoms in total. The molecule has 1 N–H and O–H groups in total. The van der Waals surface area contributed by atoms with Gasteiger partial charge in [-0.05, 0) is 44.2 Å². The maximum absolute atomic E-state index is 13.8. The van der Waals surface area contributed by atoms with Gasteiger partial charge in [-0.2, -0.15) is 0 Å². The van der Waals surface area contributed by atoms with Crippen molar-refractivity contribution in [2.45, 2.75) is 24.3 Å². The highest BCUT2D eigenvalue weighted by molar-refractivity contribution is 8.00. The number of thioether (sulfide) groups is 1. The lowest BCUT2D eigenvalue weighted by molar-refractivity contribution is -0.115. The van der Waals surface area contributed by atoms with Crippen LogP contribution in [0.1, 0.15) is 12.5 Å². The summed E-state index contributed by atoms with van der Waals surface area (Å²) in [7, 11) is 0. The van der Waals surface area contributed by atoms with E-state index in [-0.39, 0.29) is 21.8 Å². The number of anilines is 1. The second kappa shape index (κ2) is 7.88. The molecule has 3 rings (SSSR count).